The summed E-state index contributed by atoms with van der Waals surface area (Å²) in [5.41, 5.74) is 0. The quantitative estimate of drug-likeness (QED) is 0.742. The van der Waals surface area contributed by atoms with Crippen LogP contribution in [0, 0.1) is 5.92 Å². The summed E-state index contributed by atoms with van der Waals surface area (Å²) in [5, 5.41) is 0. The lowest BCUT2D eigenvalue weighted by Crippen LogP contribution is -2.48. The molecular weight excluding hydrogens is 339 g/mol. The molecule has 9 heteroatoms. The molecule has 0 atom stereocenters. The molecule has 2 aliphatic heterocycles. The van der Waals surface area contributed by atoms with Crippen molar-refractivity contribution in [3.05, 3.63) is 0 Å². The van der Waals surface area contributed by atoms with E-state index in [1.165, 1.54) is 0 Å². The molecular formula is C16H24F3N3O3. The molecule has 6 nitrogen and oxygen atoms in total. The van der Waals surface area contributed by atoms with Gasteiger partial charge < -0.3 is 14.7 Å². The van der Waals surface area contributed by atoms with Crippen molar-refractivity contribution >= 4 is 17.7 Å². The predicted molar refractivity (Wildman–Crippen MR) is 83.4 cm³/mol. The van der Waals surface area contributed by atoms with E-state index in [9.17, 15) is 27.6 Å². The van der Waals surface area contributed by atoms with E-state index in [0.29, 0.717) is 39.0 Å². The topological polar surface area (TPSA) is 60.9 Å². The van der Waals surface area contributed by atoms with Gasteiger partial charge in [-0.2, -0.15) is 13.2 Å². The zero-order valence-electron chi connectivity index (χ0n) is 14.3. The van der Waals surface area contributed by atoms with Crippen molar-refractivity contribution in [3.63, 3.8) is 0 Å². The molecule has 0 aromatic rings. The van der Waals surface area contributed by atoms with Crippen LogP contribution >= 0.6 is 0 Å². The monoisotopic (exact) mass is 363 g/mol. The first-order valence-electron chi connectivity index (χ1n) is 8.66. The average molecular weight is 363 g/mol. The molecule has 0 aromatic heterocycles. The number of hydrogen-bond acceptors (Lipinski definition) is 3. The Morgan fingerprint density at radius 1 is 0.880 bits per heavy atom. The summed E-state index contributed by atoms with van der Waals surface area (Å²) in [6.07, 6.45) is -3.25. The minimum Gasteiger partial charge on any atom is -0.341 e. The number of likely N-dealkylation sites (tertiary alicyclic amines) is 1. The molecule has 25 heavy (non-hydrogen) atoms. The summed E-state index contributed by atoms with van der Waals surface area (Å²) in [7, 11) is 0. The normalized spacial score (nSPS) is 20.4. The highest BCUT2D eigenvalue weighted by atomic mass is 19.4. The van der Waals surface area contributed by atoms with E-state index in [-0.39, 0.29) is 43.7 Å². The summed E-state index contributed by atoms with van der Waals surface area (Å²) in [5.74, 6) is -2.20. The van der Waals surface area contributed by atoms with E-state index in [4.69, 9.17) is 0 Å². The van der Waals surface area contributed by atoms with E-state index in [1.807, 2.05) is 0 Å². The van der Waals surface area contributed by atoms with Crippen LogP contribution in [0.1, 0.15) is 32.6 Å². The molecule has 0 spiro atoms. The van der Waals surface area contributed by atoms with Crippen molar-refractivity contribution in [2.24, 2.45) is 5.92 Å². The van der Waals surface area contributed by atoms with Crippen molar-refractivity contribution in [2.45, 2.75) is 38.8 Å². The molecule has 2 aliphatic rings. The van der Waals surface area contributed by atoms with Crippen LogP contribution in [0.4, 0.5) is 13.2 Å². The number of halogens is 3. The van der Waals surface area contributed by atoms with Gasteiger partial charge in [-0.05, 0) is 19.3 Å². The Morgan fingerprint density at radius 3 is 2.00 bits per heavy atom. The van der Waals surface area contributed by atoms with Gasteiger partial charge in [0.15, 0.2) is 0 Å². The Morgan fingerprint density at radius 2 is 1.44 bits per heavy atom. The maximum atomic E-state index is 12.6. The summed E-state index contributed by atoms with van der Waals surface area (Å²) in [6, 6.07) is 0. The largest absolute Gasteiger partial charge is 0.471 e. The van der Waals surface area contributed by atoms with Gasteiger partial charge in [-0.25, -0.2) is 0 Å². The Kier molecular flexibility index (Phi) is 6.29. The van der Waals surface area contributed by atoms with E-state index in [2.05, 4.69) is 0 Å². The van der Waals surface area contributed by atoms with Crippen LogP contribution in [-0.4, -0.2) is 77.9 Å². The third-order valence-corrected chi connectivity index (χ3v) is 4.84. The number of rotatable bonds is 2. The number of alkyl halides is 3. The molecule has 0 unspecified atom stereocenters. The molecule has 2 rings (SSSR count). The van der Waals surface area contributed by atoms with Crippen molar-refractivity contribution in [1.82, 2.24) is 14.7 Å². The first-order valence-corrected chi connectivity index (χ1v) is 8.66. The number of carbonyl (C=O) groups excluding carboxylic acids is 3. The van der Waals surface area contributed by atoms with Crippen LogP contribution in [0.2, 0.25) is 0 Å². The van der Waals surface area contributed by atoms with Crippen LogP contribution in [-0.2, 0) is 14.4 Å². The van der Waals surface area contributed by atoms with E-state index in [0.717, 1.165) is 4.90 Å². The lowest BCUT2D eigenvalue weighted by molar-refractivity contribution is -0.187. The van der Waals surface area contributed by atoms with Crippen molar-refractivity contribution in [3.8, 4) is 0 Å². The van der Waals surface area contributed by atoms with Gasteiger partial charge in [0.2, 0.25) is 11.8 Å². The van der Waals surface area contributed by atoms with Gasteiger partial charge in [-0.1, -0.05) is 6.92 Å². The van der Waals surface area contributed by atoms with Crippen LogP contribution < -0.4 is 0 Å². The molecule has 2 fully saturated rings. The fraction of sp³-hybridized carbons (Fsp3) is 0.812. The van der Waals surface area contributed by atoms with Gasteiger partial charge in [0.05, 0.1) is 0 Å². The number of nitrogens with zero attached hydrogens (tertiary/aromatic N) is 3. The van der Waals surface area contributed by atoms with Crippen molar-refractivity contribution in [1.29, 1.82) is 0 Å². The lowest BCUT2D eigenvalue weighted by atomic mass is 9.95. The van der Waals surface area contributed by atoms with Gasteiger partial charge in [0, 0.05) is 51.6 Å². The van der Waals surface area contributed by atoms with Gasteiger partial charge >= 0.3 is 12.1 Å². The van der Waals surface area contributed by atoms with Crippen molar-refractivity contribution < 1.29 is 27.6 Å². The van der Waals surface area contributed by atoms with Gasteiger partial charge in [-0.15, -0.1) is 0 Å². The molecule has 0 bridgehead atoms. The fourth-order valence-electron chi connectivity index (χ4n) is 3.38. The molecule has 2 heterocycles. The van der Waals surface area contributed by atoms with Crippen LogP contribution in [0.25, 0.3) is 0 Å². The molecule has 0 N–H and O–H groups in total. The summed E-state index contributed by atoms with van der Waals surface area (Å²) >= 11 is 0. The van der Waals surface area contributed by atoms with E-state index >= 15 is 0 Å². The zero-order valence-corrected chi connectivity index (χ0v) is 14.3. The first-order chi connectivity index (χ1) is 11.7. The van der Waals surface area contributed by atoms with Gasteiger partial charge in [0.1, 0.15) is 0 Å². The second-order valence-corrected chi connectivity index (χ2v) is 6.48. The summed E-state index contributed by atoms with van der Waals surface area (Å²) < 4.78 is 37.4. The second-order valence-electron chi connectivity index (χ2n) is 6.48. The maximum absolute atomic E-state index is 12.6. The SMILES string of the molecule is CCC(=O)N1CCCN(C(=O)C2CCN(C(=O)C(F)(F)F)CC2)CC1. The minimum atomic E-state index is -4.86. The molecule has 0 saturated carbocycles. The Labute approximate surface area is 144 Å². The smallest absolute Gasteiger partial charge is 0.341 e. The van der Waals surface area contributed by atoms with Crippen molar-refractivity contribution in [2.75, 3.05) is 39.3 Å². The number of piperidine rings is 1. The highest BCUT2D eigenvalue weighted by Crippen LogP contribution is 2.25. The fourth-order valence-corrected chi connectivity index (χ4v) is 3.38. The maximum Gasteiger partial charge on any atom is 0.471 e. The average Bonchev–Trinajstić information content (AvgIpc) is 2.85. The molecule has 0 aliphatic carbocycles. The second kappa shape index (κ2) is 8.05. The lowest BCUT2D eigenvalue weighted by Gasteiger charge is -2.34. The molecule has 2 saturated heterocycles. The highest BCUT2D eigenvalue weighted by molar-refractivity contribution is 5.83. The van der Waals surface area contributed by atoms with Crippen LogP contribution in [0.15, 0.2) is 0 Å². The molecule has 3 amide bonds. The van der Waals surface area contributed by atoms with E-state index < -0.39 is 12.1 Å². The molecule has 0 radical (unpaired) electrons. The molecule has 0 aromatic carbocycles. The first kappa shape index (κ1) is 19.5. The number of amides is 3. The van der Waals surface area contributed by atoms with Crippen LogP contribution in [0.3, 0.4) is 0 Å². The summed E-state index contributed by atoms with van der Waals surface area (Å²) in [6.45, 7) is 3.80. The minimum absolute atomic E-state index is 0.0525. The standard InChI is InChI=1S/C16H24F3N3O3/c1-2-13(23)20-6-3-7-21(11-10-20)14(24)12-4-8-22(9-5-12)15(25)16(17,18)19/h12H,2-11H2,1H3. The van der Waals surface area contributed by atoms with E-state index in [1.54, 1.807) is 16.7 Å². The number of hydrogen-bond donors (Lipinski definition) is 0. The van der Waals surface area contributed by atoms with Crippen LogP contribution in [0.5, 0.6) is 0 Å². The number of carbonyl (C=O) groups is 3. The predicted octanol–water partition coefficient (Wildman–Crippen LogP) is 1.26. The Balaban J connectivity index is 1.86. The zero-order chi connectivity index (χ0) is 18.6. The third kappa shape index (κ3) is 4.85. The summed E-state index contributed by atoms with van der Waals surface area (Å²) in [4.78, 5) is 39.9. The Bertz CT molecular complexity index is 516. The Hall–Kier alpha value is -1.80. The van der Waals surface area contributed by atoms with Gasteiger partial charge in [-0.3, -0.25) is 14.4 Å². The highest BCUT2D eigenvalue weighted by Gasteiger charge is 2.44. The molecule has 142 valence electrons. The third-order valence-electron chi connectivity index (χ3n) is 4.84. The van der Waals surface area contributed by atoms with Gasteiger partial charge in [0.25, 0.3) is 0 Å².